The number of hydrogen-bond acceptors (Lipinski definition) is 0. The first-order valence-electron chi connectivity index (χ1n) is 5.34. The van der Waals surface area contributed by atoms with Gasteiger partial charge in [-0.2, -0.15) is 13.2 Å². The zero-order chi connectivity index (χ0) is 14.2. The van der Waals surface area contributed by atoms with Gasteiger partial charge in [0.2, 0.25) is 0 Å². The van der Waals surface area contributed by atoms with Crippen LogP contribution in [0.5, 0.6) is 0 Å². The summed E-state index contributed by atoms with van der Waals surface area (Å²) in [5, 5.41) is 0. The summed E-state index contributed by atoms with van der Waals surface area (Å²) >= 11 is 0. The van der Waals surface area contributed by atoms with Crippen molar-refractivity contribution < 1.29 is 22.0 Å². The molecule has 0 unspecified atom stereocenters. The van der Waals surface area contributed by atoms with Gasteiger partial charge >= 0.3 is 6.18 Å². The maximum Gasteiger partial charge on any atom is 0.417 e. The Kier molecular flexibility index (Phi) is 3.30. The fourth-order valence-electron chi connectivity index (χ4n) is 1.84. The van der Waals surface area contributed by atoms with E-state index in [9.17, 15) is 22.0 Å². The average Bonchev–Trinajstić information content (AvgIpc) is 2.26. The van der Waals surface area contributed by atoms with E-state index in [2.05, 4.69) is 6.07 Å². The number of hydrogen-bond donors (Lipinski definition) is 0. The molecule has 2 rings (SSSR count). The molecular weight excluding hydrogens is 263 g/mol. The Morgan fingerprint density at radius 2 is 1.63 bits per heavy atom. The third-order valence-corrected chi connectivity index (χ3v) is 2.63. The SMILES string of the molecule is Cc1cc(F)c(-c2cc[c]cc2C(F)(F)F)c(F)c1. The molecule has 19 heavy (non-hydrogen) atoms. The first-order valence-corrected chi connectivity index (χ1v) is 5.34. The lowest BCUT2D eigenvalue weighted by atomic mass is 9.97. The van der Waals surface area contributed by atoms with Crippen LogP contribution in [0, 0.1) is 24.6 Å². The lowest BCUT2D eigenvalue weighted by molar-refractivity contribution is -0.137. The summed E-state index contributed by atoms with van der Waals surface area (Å²) in [5.74, 6) is -2.04. The molecule has 0 heterocycles. The van der Waals surface area contributed by atoms with Gasteiger partial charge < -0.3 is 0 Å². The monoisotopic (exact) mass is 271 g/mol. The predicted octanol–water partition coefficient (Wildman–Crippen LogP) is 4.76. The maximum absolute atomic E-state index is 13.7. The van der Waals surface area contributed by atoms with Crippen LogP contribution in [0.25, 0.3) is 11.1 Å². The molecule has 0 bridgehead atoms. The summed E-state index contributed by atoms with van der Waals surface area (Å²) < 4.78 is 65.9. The molecule has 0 aromatic heterocycles. The van der Waals surface area contributed by atoms with Gasteiger partial charge in [0, 0.05) is 0 Å². The second kappa shape index (κ2) is 4.64. The van der Waals surface area contributed by atoms with Crippen molar-refractivity contribution in [2.45, 2.75) is 13.1 Å². The van der Waals surface area contributed by atoms with Crippen molar-refractivity contribution in [3.63, 3.8) is 0 Å². The molecule has 0 saturated heterocycles. The first kappa shape index (κ1) is 13.5. The van der Waals surface area contributed by atoms with Crippen LogP contribution in [0.1, 0.15) is 11.1 Å². The van der Waals surface area contributed by atoms with Gasteiger partial charge in [-0.3, -0.25) is 0 Å². The van der Waals surface area contributed by atoms with Crippen molar-refractivity contribution in [2.24, 2.45) is 0 Å². The topological polar surface area (TPSA) is 0 Å². The summed E-state index contributed by atoms with van der Waals surface area (Å²) in [5.41, 5.74) is -2.01. The van der Waals surface area contributed by atoms with Crippen LogP contribution in [0.15, 0.2) is 30.3 Å². The van der Waals surface area contributed by atoms with Crippen LogP contribution in [-0.4, -0.2) is 0 Å². The molecule has 1 radical (unpaired) electrons. The van der Waals surface area contributed by atoms with E-state index in [-0.39, 0.29) is 0 Å². The van der Waals surface area contributed by atoms with E-state index in [0.29, 0.717) is 11.6 Å². The van der Waals surface area contributed by atoms with E-state index in [1.165, 1.54) is 13.0 Å². The first-order chi connectivity index (χ1) is 8.80. The number of halogens is 5. The van der Waals surface area contributed by atoms with E-state index in [4.69, 9.17) is 0 Å². The lowest BCUT2D eigenvalue weighted by Gasteiger charge is -2.14. The fourth-order valence-corrected chi connectivity index (χ4v) is 1.84. The summed E-state index contributed by atoms with van der Waals surface area (Å²) in [6.45, 7) is 1.46. The van der Waals surface area contributed by atoms with Crippen LogP contribution in [-0.2, 0) is 6.18 Å². The molecule has 0 spiro atoms. The Bertz CT molecular complexity index is 590. The number of aryl methyl sites for hydroxylation is 1. The highest BCUT2D eigenvalue weighted by atomic mass is 19.4. The molecule has 2 aromatic carbocycles. The quantitative estimate of drug-likeness (QED) is 0.656. The minimum absolute atomic E-state index is 0.301. The molecular formula is C14H8F5. The molecule has 99 valence electrons. The molecule has 0 nitrogen and oxygen atoms in total. The Morgan fingerprint density at radius 1 is 1.05 bits per heavy atom. The molecule has 0 aliphatic rings. The van der Waals surface area contributed by atoms with Crippen LogP contribution >= 0.6 is 0 Å². The normalized spacial score (nSPS) is 11.7. The van der Waals surface area contributed by atoms with Crippen LogP contribution in [0.2, 0.25) is 0 Å². The van der Waals surface area contributed by atoms with Gasteiger partial charge in [0.1, 0.15) is 11.6 Å². The van der Waals surface area contributed by atoms with E-state index >= 15 is 0 Å². The molecule has 0 fully saturated rings. The van der Waals surface area contributed by atoms with E-state index < -0.39 is 34.5 Å². The number of rotatable bonds is 1. The van der Waals surface area contributed by atoms with Gasteiger partial charge in [-0.05, 0) is 42.3 Å². The molecule has 0 atom stereocenters. The standard InChI is InChI=1S/C14H8F5/c1-8-6-11(15)13(12(16)7-8)9-4-2-3-5-10(9)14(17,18)19/h2,4-7H,1H3. The van der Waals surface area contributed by atoms with Crippen molar-refractivity contribution in [1.82, 2.24) is 0 Å². The molecule has 0 aliphatic heterocycles. The lowest BCUT2D eigenvalue weighted by Crippen LogP contribution is -2.08. The second-order valence-electron chi connectivity index (χ2n) is 4.07. The average molecular weight is 271 g/mol. The van der Waals surface area contributed by atoms with Gasteiger partial charge in [0.15, 0.2) is 0 Å². The second-order valence-corrected chi connectivity index (χ2v) is 4.07. The molecule has 0 amide bonds. The van der Waals surface area contributed by atoms with E-state index in [1.54, 1.807) is 0 Å². The highest BCUT2D eigenvalue weighted by Gasteiger charge is 2.34. The highest BCUT2D eigenvalue weighted by molar-refractivity contribution is 5.69. The van der Waals surface area contributed by atoms with Gasteiger partial charge in [-0.25, -0.2) is 8.78 Å². The van der Waals surface area contributed by atoms with Gasteiger partial charge in [0.25, 0.3) is 0 Å². The highest BCUT2D eigenvalue weighted by Crippen LogP contribution is 2.38. The van der Waals surface area contributed by atoms with Gasteiger partial charge in [0.05, 0.1) is 11.1 Å². The maximum atomic E-state index is 13.7. The predicted molar refractivity (Wildman–Crippen MR) is 60.4 cm³/mol. The van der Waals surface area contributed by atoms with Crippen molar-refractivity contribution in [1.29, 1.82) is 0 Å². The summed E-state index contributed by atoms with van der Waals surface area (Å²) in [6.07, 6.45) is -4.70. The van der Waals surface area contributed by atoms with Crippen molar-refractivity contribution >= 4 is 0 Å². The van der Waals surface area contributed by atoms with Crippen LogP contribution in [0.4, 0.5) is 22.0 Å². The van der Waals surface area contributed by atoms with Crippen molar-refractivity contribution in [2.75, 3.05) is 0 Å². The van der Waals surface area contributed by atoms with Crippen molar-refractivity contribution in [3.05, 3.63) is 59.2 Å². The van der Waals surface area contributed by atoms with E-state index in [0.717, 1.165) is 18.2 Å². The third kappa shape index (κ3) is 2.59. The smallest absolute Gasteiger partial charge is 0.206 e. The molecule has 5 heteroatoms. The third-order valence-electron chi connectivity index (χ3n) is 2.63. The number of alkyl halides is 3. The molecule has 2 aromatic rings. The largest absolute Gasteiger partial charge is 0.417 e. The van der Waals surface area contributed by atoms with Crippen LogP contribution < -0.4 is 0 Å². The Labute approximate surface area is 106 Å². The van der Waals surface area contributed by atoms with Gasteiger partial charge in [-0.15, -0.1) is 0 Å². The minimum Gasteiger partial charge on any atom is -0.206 e. The van der Waals surface area contributed by atoms with Crippen molar-refractivity contribution in [3.8, 4) is 11.1 Å². The molecule has 0 saturated carbocycles. The molecule has 0 N–H and O–H groups in total. The summed E-state index contributed by atoms with van der Waals surface area (Å²) in [4.78, 5) is 0. The Hall–Kier alpha value is -1.91. The Morgan fingerprint density at radius 3 is 2.16 bits per heavy atom. The Balaban J connectivity index is 2.74. The summed E-state index contributed by atoms with van der Waals surface area (Å²) in [6, 6.07) is 7.11. The zero-order valence-electron chi connectivity index (χ0n) is 9.78. The molecule has 0 aliphatic carbocycles. The number of benzene rings is 2. The van der Waals surface area contributed by atoms with Crippen LogP contribution in [0.3, 0.4) is 0 Å². The van der Waals surface area contributed by atoms with E-state index in [1.807, 2.05) is 0 Å². The fraction of sp³-hybridized carbons (Fsp3) is 0.143. The summed E-state index contributed by atoms with van der Waals surface area (Å²) in [7, 11) is 0. The minimum atomic E-state index is -4.70. The zero-order valence-corrected chi connectivity index (χ0v) is 9.78. The van der Waals surface area contributed by atoms with Gasteiger partial charge in [-0.1, -0.05) is 12.1 Å².